The Balaban J connectivity index is 1.19. The number of morpholine rings is 1. The van der Waals surface area contributed by atoms with Crippen molar-refractivity contribution in [2.75, 3.05) is 38.2 Å². The van der Waals surface area contributed by atoms with Crippen LogP contribution >= 0.6 is 15.9 Å². The van der Waals surface area contributed by atoms with Crippen molar-refractivity contribution in [2.45, 2.75) is 18.8 Å². The van der Waals surface area contributed by atoms with E-state index >= 15 is 0 Å². The first-order chi connectivity index (χ1) is 17.7. The summed E-state index contributed by atoms with van der Waals surface area (Å²) in [5.41, 5.74) is 8.36. The third-order valence-electron chi connectivity index (χ3n) is 7.16. The van der Waals surface area contributed by atoms with Gasteiger partial charge in [-0.25, -0.2) is 9.97 Å². The second-order valence-corrected chi connectivity index (χ2v) is 10.4. The second-order valence-electron chi connectivity index (χ2n) is 9.49. The first kappa shape index (κ1) is 23.3. The van der Waals surface area contributed by atoms with Gasteiger partial charge < -0.3 is 10.1 Å². The first-order valence-electron chi connectivity index (χ1n) is 12.6. The van der Waals surface area contributed by atoms with Gasteiger partial charge in [0.1, 0.15) is 0 Å². The molecule has 2 aliphatic rings. The van der Waals surface area contributed by atoms with E-state index in [1.165, 1.54) is 27.8 Å². The number of aromatic nitrogens is 2. The zero-order chi connectivity index (χ0) is 24.3. The molecule has 1 unspecified atom stereocenters. The zero-order valence-corrected chi connectivity index (χ0v) is 21.7. The summed E-state index contributed by atoms with van der Waals surface area (Å²) in [7, 11) is 0. The van der Waals surface area contributed by atoms with Crippen LogP contribution in [0.3, 0.4) is 0 Å². The van der Waals surface area contributed by atoms with E-state index in [0.29, 0.717) is 11.9 Å². The van der Waals surface area contributed by atoms with Gasteiger partial charge in [-0.3, -0.25) is 4.90 Å². The quantitative estimate of drug-likeness (QED) is 0.315. The molecule has 6 heteroatoms. The Hall–Kier alpha value is -3.06. The average Bonchev–Trinajstić information content (AvgIpc) is 2.93. The number of nitrogens with zero attached hydrogens (tertiary/aromatic N) is 3. The number of fused-ring (bicyclic) bond motifs is 3. The van der Waals surface area contributed by atoms with E-state index in [2.05, 4.69) is 104 Å². The highest BCUT2D eigenvalue weighted by molar-refractivity contribution is 9.10. The molecule has 0 amide bonds. The van der Waals surface area contributed by atoms with E-state index < -0.39 is 0 Å². The molecule has 3 aromatic carbocycles. The molecule has 1 aliphatic heterocycles. The molecule has 1 N–H and O–H groups in total. The topological polar surface area (TPSA) is 50.3 Å². The molecule has 6 rings (SSSR count). The fourth-order valence-corrected chi connectivity index (χ4v) is 5.63. The van der Waals surface area contributed by atoms with Crippen molar-refractivity contribution in [3.05, 3.63) is 106 Å². The Morgan fingerprint density at radius 1 is 0.972 bits per heavy atom. The minimum absolute atomic E-state index is 0.290. The molecule has 0 spiro atoms. The van der Waals surface area contributed by atoms with Crippen LogP contribution < -0.4 is 5.32 Å². The van der Waals surface area contributed by atoms with Crippen LogP contribution in [-0.4, -0.2) is 47.7 Å². The Labute approximate surface area is 220 Å². The second kappa shape index (κ2) is 10.5. The fourth-order valence-electron chi connectivity index (χ4n) is 5.21. The highest BCUT2D eigenvalue weighted by Gasteiger charge is 2.27. The molecule has 4 aromatic rings. The lowest BCUT2D eigenvalue weighted by molar-refractivity contribution is 0.0384. The van der Waals surface area contributed by atoms with E-state index in [1.807, 2.05) is 6.20 Å². The molecule has 5 nitrogen and oxygen atoms in total. The van der Waals surface area contributed by atoms with Gasteiger partial charge in [0, 0.05) is 47.5 Å². The minimum Gasteiger partial charge on any atom is -0.379 e. The van der Waals surface area contributed by atoms with Crippen LogP contribution in [0.25, 0.3) is 11.3 Å². The van der Waals surface area contributed by atoms with Gasteiger partial charge in [-0.1, -0.05) is 64.5 Å². The average molecular weight is 541 g/mol. The van der Waals surface area contributed by atoms with Gasteiger partial charge in [-0.15, -0.1) is 0 Å². The smallest absolute Gasteiger partial charge is 0.227 e. The molecule has 0 bridgehead atoms. The van der Waals surface area contributed by atoms with Gasteiger partial charge in [0.05, 0.1) is 18.9 Å². The molecular weight excluding hydrogens is 512 g/mol. The number of rotatable bonds is 6. The Morgan fingerprint density at radius 2 is 1.81 bits per heavy atom. The largest absolute Gasteiger partial charge is 0.379 e. The van der Waals surface area contributed by atoms with E-state index in [0.717, 1.165) is 61.5 Å². The van der Waals surface area contributed by atoms with Gasteiger partial charge in [-0.05, 0) is 59.4 Å². The zero-order valence-electron chi connectivity index (χ0n) is 20.2. The number of hydrogen-bond acceptors (Lipinski definition) is 5. The Kier molecular flexibility index (Phi) is 6.81. The normalized spacial score (nSPS) is 17.3. The third kappa shape index (κ3) is 5.07. The predicted octanol–water partition coefficient (Wildman–Crippen LogP) is 6.21. The van der Waals surface area contributed by atoms with Crippen molar-refractivity contribution in [3.63, 3.8) is 0 Å². The summed E-state index contributed by atoms with van der Waals surface area (Å²) >= 11 is 3.63. The third-order valence-corrected chi connectivity index (χ3v) is 7.65. The van der Waals surface area contributed by atoms with Crippen LogP contribution in [0.4, 0.5) is 11.6 Å². The van der Waals surface area contributed by atoms with E-state index in [1.54, 1.807) is 0 Å². The lowest BCUT2D eigenvalue weighted by Gasteiger charge is -2.27. The lowest BCUT2D eigenvalue weighted by atomic mass is 9.78. The SMILES string of the molecule is Brc1cccc(C2Cc3cnc(Nc4ccc(CCN5CCOCC5)cc4)nc3-c3ccccc32)c1. The van der Waals surface area contributed by atoms with Gasteiger partial charge in [0.2, 0.25) is 5.95 Å². The summed E-state index contributed by atoms with van der Waals surface area (Å²) in [6.07, 6.45) is 3.93. The molecule has 1 fully saturated rings. The molecule has 1 atom stereocenters. The maximum atomic E-state index is 5.44. The van der Waals surface area contributed by atoms with Gasteiger partial charge in [0.25, 0.3) is 0 Å². The van der Waals surface area contributed by atoms with Gasteiger partial charge >= 0.3 is 0 Å². The van der Waals surface area contributed by atoms with E-state index in [4.69, 9.17) is 9.72 Å². The number of anilines is 2. The maximum absolute atomic E-state index is 5.44. The van der Waals surface area contributed by atoms with E-state index in [-0.39, 0.29) is 0 Å². The molecule has 1 aromatic heterocycles. The Bertz CT molecular complexity index is 1350. The molecular formula is C30H29BrN4O. The van der Waals surface area contributed by atoms with Crippen LogP contribution in [0, 0.1) is 0 Å². The molecule has 182 valence electrons. The number of halogens is 1. The summed E-state index contributed by atoms with van der Waals surface area (Å²) in [6.45, 7) is 4.83. The van der Waals surface area contributed by atoms with Crippen LogP contribution in [0.1, 0.15) is 28.2 Å². The summed E-state index contributed by atoms with van der Waals surface area (Å²) in [4.78, 5) is 12.1. The molecule has 0 radical (unpaired) electrons. The standard InChI is InChI=1S/C30H29BrN4O/c31-24-5-3-4-22(18-24)28-19-23-20-32-30(34-29(23)27-7-2-1-6-26(27)28)33-25-10-8-21(9-11-25)12-13-35-14-16-36-17-15-35/h1-11,18,20,28H,12-17,19H2,(H,32,33,34). The van der Waals surface area contributed by atoms with Gasteiger partial charge in [-0.2, -0.15) is 0 Å². The lowest BCUT2D eigenvalue weighted by Crippen LogP contribution is -2.37. The van der Waals surface area contributed by atoms with Crippen LogP contribution in [0.15, 0.2) is 83.5 Å². The molecule has 0 saturated carbocycles. The van der Waals surface area contributed by atoms with Gasteiger partial charge in [0.15, 0.2) is 0 Å². The molecule has 1 aliphatic carbocycles. The molecule has 2 heterocycles. The number of ether oxygens (including phenoxy) is 1. The fraction of sp³-hybridized carbons (Fsp3) is 0.267. The number of hydrogen-bond donors (Lipinski definition) is 1. The summed E-state index contributed by atoms with van der Waals surface area (Å²) in [6, 6.07) is 25.9. The first-order valence-corrected chi connectivity index (χ1v) is 13.4. The number of nitrogens with one attached hydrogen (secondary N) is 1. The summed E-state index contributed by atoms with van der Waals surface area (Å²) in [5.74, 6) is 0.921. The minimum atomic E-state index is 0.290. The van der Waals surface area contributed by atoms with E-state index in [9.17, 15) is 0 Å². The predicted molar refractivity (Wildman–Crippen MR) is 148 cm³/mol. The van der Waals surface area contributed by atoms with Crippen molar-refractivity contribution in [1.82, 2.24) is 14.9 Å². The molecule has 36 heavy (non-hydrogen) atoms. The Morgan fingerprint density at radius 3 is 2.64 bits per heavy atom. The maximum Gasteiger partial charge on any atom is 0.227 e. The molecule has 1 saturated heterocycles. The monoisotopic (exact) mass is 540 g/mol. The van der Waals surface area contributed by atoms with Crippen LogP contribution in [0.5, 0.6) is 0 Å². The van der Waals surface area contributed by atoms with Crippen LogP contribution in [-0.2, 0) is 17.6 Å². The van der Waals surface area contributed by atoms with Crippen molar-refractivity contribution in [3.8, 4) is 11.3 Å². The van der Waals surface area contributed by atoms with Crippen molar-refractivity contribution < 1.29 is 4.74 Å². The van der Waals surface area contributed by atoms with Crippen molar-refractivity contribution >= 4 is 27.6 Å². The highest BCUT2D eigenvalue weighted by Crippen LogP contribution is 2.42. The number of benzene rings is 3. The summed E-state index contributed by atoms with van der Waals surface area (Å²) in [5, 5.41) is 3.41. The van der Waals surface area contributed by atoms with Crippen LogP contribution in [0.2, 0.25) is 0 Å². The highest BCUT2D eigenvalue weighted by atomic mass is 79.9. The van der Waals surface area contributed by atoms with Crippen molar-refractivity contribution in [1.29, 1.82) is 0 Å². The summed E-state index contributed by atoms with van der Waals surface area (Å²) < 4.78 is 6.55. The van der Waals surface area contributed by atoms with Crippen molar-refractivity contribution in [2.24, 2.45) is 0 Å².